The van der Waals surface area contributed by atoms with Crippen LogP contribution in [-0.2, 0) is 0 Å². The molecule has 4 nitrogen and oxygen atoms in total. The molecule has 1 heterocycles. The minimum atomic E-state index is 0.785. The van der Waals surface area contributed by atoms with Crippen LogP contribution in [0, 0.1) is 0 Å². The van der Waals surface area contributed by atoms with E-state index in [0.29, 0.717) is 0 Å². The smallest absolute Gasteiger partial charge is 0.0250 e. The normalized spacial score (nSPS) is 24.7. The van der Waals surface area contributed by atoms with Crippen LogP contribution in [0.2, 0.25) is 0 Å². The lowest BCUT2D eigenvalue weighted by Gasteiger charge is -2.16. The van der Waals surface area contributed by atoms with Crippen molar-refractivity contribution in [2.45, 2.75) is 19.3 Å². The molecule has 0 aliphatic carbocycles. The SMILES string of the molecule is ON1CCCNCCCNCCC1. The highest BCUT2D eigenvalue weighted by molar-refractivity contribution is 4.57. The molecule has 0 aromatic carbocycles. The van der Waals surface area contributed by atoms with Gasteiger partial charge in [-0.3, -0.25) is 0 Å². The lowest BCUT2D eigenvalue weighted by molar-refractivity contribution is -0.0915. The third kappa shape index (κ3) is 5.99. The zero-order valence-electron chi connectivity index (χ0n) is 8.26. The van der Waals surface area contributed by atoms with Gasteiger partial charge in [-0.2, -0.15) is 5.06 Å². The molecule has 3 N–H and O–H groups in total. The van der Waals surface area contributed by atoms with Gasteiger partial charge in [0.2, 0.25) is 0 Å². The molecule has 1 aliphatic heterocycles. The van der Waals surface area contributed by atoms with E-state index in [9.17, 15) is 5.21 Å². The Labute approximate surface area is 80.3 Å². The maximum Gasteiger partial charge on any atom is 0.0250 e. The van der Waals surface area contributed by atoms with Crippen LogP contribution in [-0.4, -0.2) is 49.5 Å². The Morgan fingerprint density at radius 1 is 0.769 bits per heavy atom. The standard InChI is InChI=1S/C9H21N3O/c13-12-8-2-6-10-4-1-5-11-7-3-9-12/h10-11,13H,1-9H2. The molecule has 0 aromatic heterocycles. The van der Waals surface area contributed by atoms with E-state index in [4.69, 9.17) is 0 Å². The van der Waals surface area contributed by atoms with E-state index in [1.54, 1.807) is 0 Å². The predicted molar refractivity (Wildman–Crippen MR) is 52.9 cm³/mol. The first kappa shape index (κ1) is 10.9. The lowest BCUT2D eigenvalue weighted by atomic mass is 10.3. The second kappa shape index (κ2) is 7.26. The summed E-state index contributed by atoms with van der Waals surface area (Å²) < 4.78 is 0. The molecule has 13 heavy (non-hydrogen) atoms. The summed E-state index contributed by atoms with van der Waals surface area (Å²) in [5.74, 6) is 0. The second-order valence-corrected chi connectivity index (χ2v) is 3.51. The van der Waals surface area contributed by atoms with Crippen LogP contribution in [0.4, 0.5) is 0 Å². The van der Waals surface area contributed by atoms with Crippen molar-refractivity contribution in [2.24, 2.45) is 0 Å². The first-order chi connectivity index (χ1) is 6.39. The molecule has 0 unspecified atom stereocenters. The Hall–Kier alpha value is -0.160. The highest BCUT2D eigenvalue weighted by Crippen LogP contribution is 1.90. The summed E-state index contributed by atoms with van der Waals surface area (Å²) in [6.45, 7) is 5.75. The quantitative estimate of drug-likeness (QED) is 0.501. The first-order valence-electron chi connectivity index (χ1n) is 5.25. The van der Waals surface area contributed by atoms with Crippen molar-refractivity contribution in [3.8, 4) is 0 Å². The molecule has 0 saturated carbocycles. The highest BCUT2D eigenvalue weighted by atomic mass is 16.5. The van der Waals surface area contributed by atoms with E-state index in [-0.39, 0.29) is 0 Å². The predicted octanol–water partition coefficient (Wildman–Crippen LogP) is 0.0407. The average molecular weight is 187 g/mol. The van der Waals surface area contributed by atoms with Crippen LogP contribution >= 0.6 is 0 Å². The zero-order valence-corrected chi connectivity index (χ0v) is 8.26. The van der Waals surface area contributed by atoms with Gasteiger partial charge in [0, 0.05) is 13.1 Å². The fourth-order valence-corrected chi connectivity index (χ4v) is 1.47. The Balaban J connectivity index is 2.11. The van der Waals surface area contributed by atoms with Gasteiger partial charge in [0.15, 0.2) is 0 Å². The van der Waals surface area contributed by atoms with Crippen LogP contribution in [0.15, 0.2) is 0 Å². The number of nitrogens with one attached hydrogen (secondary N) is 2. The van der Waals surface area contributed by atoms with E-state index in [1.807, 2.05) is 0 Å². The van der Waals surface area contributed by atoms with Crippen LogP contribution < -0.4 is 10.6 Å². The van der Waals surface area contributed by atoms with Crippen molar-refractivity contribution in [3.05, 3.63) is 0 Å². The summed E-state index contributed by atoms with van der Waals surface area (Å²) in [6, 6.07) is 0. The summed E-state index contributed by atoms with van der Waals surface area (Å²) >= 11 is 0. The Kier molecular flexibility index (Phi) is 6.10. The van der Waals surface area contributed by atoms with Crippen molar-refractivity contribution in [3.63, 3.8) is 0 Å². The zero-order chi connectivity index (χ0) is 9.36. The number of hydroxylamine groups is 2. The van der Waals surface area contributed by atoms with E-state index in [2.05, 4.69) is 10.6 Å². The third-order valence-electron chi connectivity index (χ3n) is 2.25. The number of nitrogens with zero attached hydrogens (tertiary/aromatic N) is 1. The van der Waals surface area contributed by atoms with Crippen molar-refractivity contribution in [1.82, 2.24) is 15.7 Å². The Morgan fingerprint density at radius 2 is 1.23 bits per heavy atom. The molecule has 0 bridgehead atoms. The topological polar surface area (TPSA) is 47.5 Å². The molecule has 0 amide bonds. The van der Waals surface area contributed by atoms with Gasteiger partial charge < -0.3 is 15.8 Å². The maximum atomic E-state index is 9.37. The van der Waals surface area contributed by atoms with Crippen molar-refractivity contribution in [2.75, 3.05) is 39.3 Å². The summed E-state index contributed by atoms with van der Waals surface area (Å²) in [6.07, 6.45) is 3.26. The van der Waals surface area contributed by atoms with Gasteiger partial charge in [0.05, 0.1) is 0 Å². The minimum Gasteiger partial charge on any atom is -0.317 e. The largest absolute Gasteiger partial charge is 0.317 e. The minimum absolute atomic E-state index is 0.785. The number of rotatable bonds is 0. The first-order valence-corrected chi connectivity index (χ1v) is 5.25. The maximum absolute atomic E-state index is 9.37. The molecule has 78 valence electrons. The molecule has 0 aromatic rings. The molecule has 0 atom stereocenters. The highest BCUT2D eigenvalue weighted by Gasteiger charge is 2.00. The summed E-state index contributed by atoms with van der Waals surface area (Å²) in [4.78, 5) is 0. The molecule has 1 rings (SSSR count). The fourth-order valence-electron chi connectivity index (χ4n) is 1.47. The molecular weight excluding hydrogens is 166 g/mol. The third-order valence-corrected chi connectivity index (χ3v) is 2.25. The molecule has 4 heteroatoms. The van der Waals surface area contributed by atoms with Crippen molar-refractivity contribution < 1.29 is 5.21 Å². The summed E-state index contributed by atoms with van der Waals surface area (Å²) in [5.41, 5.74) is 0. The molecule has 1 saturated heterocycles. The van der Waals surface area contributed by atoms with Crippen LogP contribution in [0.1, 0.15) is 19.3 Å². The van der Waals surface area contributed by atoms with Gasteiger partial charge in [-0.1, -0.05) is 0 Å². The van der Waals surface area contributed by atoms with E-state index in [1.165, 1.54) is 11.5 Å². The summed E-state index contributed by atoms with van der Waals surface area (Å²) in [5, 5.41) is 17.5. The van der Waals surface area contributed by atoms with Gasteiger partial charge in [-0.15, -0.1) is 0 Å². The lowest BCUT2D eigenvalue weighted by Crippen LogP contribution is -2.30. The Morgan fingerprint density at radius 3 is 1.77 bits per heavy atom. The molecular formula is C9H21N3O. The molecule has 1 fully saturated rings. The van der Waals surface area contributed by atoms with E-state index < -0.39 is 0 Å². The number of hydrogen-bond donors (Lipinski definition) is 3. The molecule has 0 spiro atoms. The van der Waals surface area contributed by atoms with E-state index >= 15 is 0 Å². The average Bonchev–Trinajstić information content (AvgIpc) is 2.11. The Bertz CT molecular complexity index is 109. The van der Waals surface area contributed by atoms with Crippen LogP contribution in [0.25, 0.3) is 0 Å². The van der Waals surface area contributed by atoms with E-state index in [0.717, 1.165) is 52.1 Å². The van der Waals surface area contributed by atoms with Crippen LogP contribution in [0.3, 0.4) is 0 Å². The second-order valence-electron chi connectivity index (χ2n) is 3.51. The summed E-state index contributed by atoms with van der Waals surface area (Å²) in [7, 11) is 0. The molecule has 0 radical (unpaired) electrons. The van der Waals surface area contributed by atoms with Crippen LogP contribution in [0.5, 0.6) is 0 Å². The fraction of sp³-hybridized carbons (Fsp3) is 1.00. The van der Waals surface area contributed by atoms with Crippen molar-refractivity contribution in [1.29, 1.82) is 0 Å². The number of hydrogen-bond acceptors (Lipinski definition) is 4. The molecule has 1 aliphatic rings. The van der Waals surface area contributed by atoms with Gasteiger partial charge in [0.25, 0.3) is 0 Å². The van der Waals surface area contributed by atoms with Crippen molar-refractivity contribution >= 4 is 0 Å². The van der Waals surface area contributed by atoms with Gasteiger partial charge in [-0.05, 0) is 45.4 Å². The monoisotopic (exact) mass is 187 g/mol. The van der Waals surface area contributed by atoms with Gasteiger partial charge in [-0.25, -0.2) is 0 Å². The van der Waals surface area contributed by atoms with Gasteiger partial charge in [0.1, 0.15) is 0 Å². The van der Waals surface area contributed by atoms with Gasteiger partial charge >= 0.3 is 0 Å².